The van der Waals surface area contributed by atoms with Crippen LogP contribution in [0.3, 0.4) is 0 Å². The Labute approximate surface area is 191 Å². The van der Waals surface area contributed by atoms with Crippen LogP contribution in [-0.2, 0) is 16.4 Å². The van der Waals surface area contributed by atoms with E-state index in [1.807, 2.05) is 24.3 Å². The maximum absolute atomic E-state index is 13.4. The van der Waals surface area contributed by atoms with Gasteiger partial charge in [-0.15, -0.1) is 0 Å². The molecule has 0 saturated heterocycles. The van der Waals surface area contributed by atoms with Gasteiger partial charge in [-0.25, -0.2) is 8.42 Å². The fraction of sp³-hybridized carbons (Fsp3) is 0.160. The standard InChI is InChI=1S/C25H23NO6S/c1-30-18-6-4-17(5-7-18)15-26-16-24(25(27)22-14-20(32-3)10-13-23(22)26)33(28,29)21-11-8-19(31-2)9-12-21/h4-14,16H,15H2,1-3H3. The normalized spacial score (nSPS) is 11.4. The summed E-state index contributed by atoms with van der Waals surface area (Å²) < 4.78 is 44.2. The van der Waals surface area contributed by atoms with Gasteiger partial charge in [-0.1, -0.05) is 12.1 Å². The van der Waals surface area contributed by atoms with Gasteiger partial charge in [0.15, 0.2) is 0 Å². The summed E-state index contributed by atoms with van der Waals surface area (Å²) in [5.74, 6) is 1.71. The molecule has 7 nitrogen and oxygen atoms in total. The Morgan fingerprint density at radius 1 is 0.758 bits per heavy atom. The molecule has 0 aliphatic rings. The van der Waals surface area contributed by atoms with Crippen molar-refractivity contribution < 1.29 is 22.6 Å². The Balaban J connectivity index is 1.91. The third-order valence-corrected chi connectivity index (χ3v) is 7.19. The van der Waals surface area contributed by atoms with Crippen molar-refractivity contribution in [1.82, 2.24) is 4.57 Å². The van der Waals surface area contributed by atoms with E-state index in [-0.39, 0.29) is 15.2 Å². The van der Waals surface area contributed by atoms with Crippen molar-refractivity contribution in [2.45, 2.75) is 16.3 Å². The third kappa shape index (κ3) is 4.29. The highest BCUT2D eigenvalue weighted by Gasteiger charge is 2.24. The number of pyridine rings is 1. The van der Waals surface area contributed by atoms with Crippen LogP contribution in [0.5, 0.6) is 17.2 Å². The van der Waals surface area contributed by atoms with Gasteiger partial charge in [0.2, 0.25) is 15.3 Å². The highest BCUT2D eigenvalue weighted by Crippen LogP contribution is 2.26. The molecule has 1 aromatic heterocycles. The minimum absolute atomic E-state index is 0.0126. The van der Waals surface area contributed by atoms with Crippen molar-refractivity contribution in [1.29, 1.82) is 0 Å². The number of nitrogens with zero attached hydrogens (tertiary/aromatic N) is 1. The number of aromatic nitrogens is 1. The van der Waals surface area contributed by atoms with Crippen molar-refractivity contribution in [3.63, 3.8) is 0 Å². The van der Waals surface area contributed by atoms with Crippen molar-refractivity contribution in [3.05, 3.63) is 88.7 Å². The number of fused-ring (bicyclic) bond motifs is 1. The lowest BCUT2D eigenvalue weighted by atomic mass is 10.1. The molecule has 33 heavy (non-hydrogen) atoms. The van der Waals surface area contributed by atoms with Crippen LogP contribution >= 0.6 is 0 Å². The summed E-state index contributed by atoms with van der Waals surface area (Å²) in [4.78, 5) is 13.0. The zero-order valence-corrected chi connectivity index (χ0v) is 19.3. The van der Waals surface area contributed by atoms with Crippen LogP contribution in [0.1, 0.15) is 5.56 Å². The maximum atomic E-state index is 13.4. The molecule has 0 atom stereocenters. The molecule has 170 valence electrons. The number of benzene rings is 3. The highest BCUT2D eigenvalue weighted by molar-refractivity contribution is 7.91. The van der Waals surface area contributed by atoms with Crippen molar-refractivity contribution in [3.8, 4) is 17.2 Å². The Kier molecular flexibility index (Phi) is 6.11. The SMILES string of the molecule is COc1ccc(Cn2cc(S(=O)(=O)c3ccc(OC)cc3)c(=O)c3cc(OC)ccc32)cc1. The summed E-state index contributed by atoms with van der Waals surface area (Å²) in [5.41, 5.74) is 0.945. The van der Waals surface area contributed by atoms with Gasteiger partial charge in [-0.2, -0.15) is 0 Å². The molecular formula is C25H23NO6S. The average molecular weight is 466 g/mol. The zero-order valence-electron chi connectivity index (χ0n) is 18.4. The van der Waals surface area contributed by atoms with Crippen LogP contribution in [0.4, 0.5) is 0 Å². The van der Waals surface area contributed by atoms with E-state index >= 15 is 0 Å². The third-order valence-electron chi connectivity index (χ3n) is 5.43. The van der Waals surface area contributed by atoms with Crippen molar-refractivity contribution in [2.24, 2.45) is 0 Å². The molecule has 0 N–H and O–H groups in total. The molecule has 0 spiro atoms. The first kappa shape index (κ1) is 22.4. The number of methoxy groups -OCH3 is 3. The van der Waals surface area contributed by atoms with Gasteiger partial charge in [-0.3, -0.25) is 4.79 Å². The summed E-state index contributed by atoms with van der Waals surface area (Å²) in [5, 5.41) is 0.262. The van der Waals surface area contributed by atoms with Crippen molar-refractivity contribution in [2.75, 3.05) is 21.3 Å². The molecule has 0 aliphatic carbocycles. The van der Waals surface area contributed by atoms with E-state index in [0.717, 1.165) is 11.3 Å². The summed E-state index contributed by atoms with van der Waals surface area (Å²) in [6, 6.07) is 18.5. The predicted molar refractivity (Wildman–Crippen MR) is 125 cm³/mol. The molecule has 0 amide bonds. The van der Waals surface area contributed by atoms with E-state index in [4.69, 9.17) is 14.2 Å². The van der Waals surface area contributed by atoms with E-state index in [2.05, 4.69) is 0 Å². The second kappa shape index (κ2) is 8.99. The predicted octanol–water partition coefficient (Wildman–Crippen LogP) is 3.91. The molecular weight excluding hydrogens is 442 g/mol. The average Bonchev–Trinajstić information content (AvgIpc) is 2.85. The zero-order chi connectivity index (χ0) is 23.6. The Bertz CT molecular complexity index is 1460. The van der Waals surface area contributed by atoms with Crippen LogP contribution < -0.4 is 19.6 Å². The molecule has 0 unspecified atom stereocenters. The monoisotopic (exact) mass is 465 g/mol. The minimum Gasteiger partial charge on any atom is -0.497 e. The van der Waals surface area contributed by atoms with E-state index in [0.29, 0.717) is 23.6 Å². The van der Waals surface area contributed by atoms with Crippen LogP contribution in [-0.4, -0.2) is 34.3 Å². The molecule has 4 aromatic rings. The van der Waals surface area contributed by atoms with Gasteiger partial charge >= 0.3 is 0 Å². The van der Waals surface area contributed by atoms with Gasteiger partial charge in [0.05, 0.1) is 37.1 Å². The summed E-state index contributed by atoms with van der Waals surface area (Å²) in [7, 11) is 0.503. The fourth-order valence-corrected chi connectivity index (χ4v) is 4.98. The van der Waals surface area contributed by atoms with E-state index in [1.54, 1.807) is 42.0 Å². The second-order valence-corrected chi connectivity index (χ2v) is 9.28. The Hall–Kier alpha value is -3.78. The van der Waals surface area contributed by atoms with Crippen LogP contribution in [0.15, 0.2) is 87.5 Å². The molecule has 0 bridgehead atoms. The molecule has 0 aliphatic heterocycles. The number of rotatable bonds is 7. The van der Waals surface area contributed by atoms with E-state index in [9.17, 15) is 13.2 Å². The van der Waals surface area contributed by atoms with Crippen LogP contribution in [0.2, 0.25) is 0 Å². The first-order valence-corrected chi connectivity index (χ1v) is 11.6. The number of sulfone groups is 1. The molecule has 0 fully saturated rings. The number of hydrogen-bond acceptors (Lipinski definition) is 6. The van der Waals surface area contributed by atoms with Gasteiger partial charge < -0.3 is 18.8 Å². The van der Waals surface area contributed by atoms with E-state index < -0.39 is 15.3 Å². The summed E-state index contributed by atoms with van der Waals surface area (Å²) >= 11 is 0. The summed E-state index contributed by atoms with van der Waals surface area (Å²) in [6.07, 6.45) is 1.40. The maximum Gasteiger partial charge on any atom is 0.211 e. The quantitative estimate of drug-likeness (QED) is 0.412. The smallest absolute Gasteiger partial charge is 0.211 e. The lowest BCUT2D eigenvalue weighted by molar-refractivity contribution is 0.414. The summed E-state index contributed by atoms with van der Waals surface area (Å²) in [6.45, 7) is 0.359. The topological polar surface area (TPSA) is 83.8 Å². The number of ether oxygens (including phenoxy) is 3. The highest BCUT2D eigenvalue weighted by atomic mass is 32.2. The van der Waals surface area contributed by atoms with Gasteiger partial charge in [0, 0.05) is 12.7 Å². The Morgan fingerprint density at radius 2 is 1.30 bits per heavy atom. The van der Waals surface area contributed by atoms with Gasteiger partial charge in [0.1, 0.15) is 22.1 Å². The first-order valence-electron chi connectivity index (χ1n) is 10.1. The van der Waals surface area contributed by atoms with Gasteiger partial charge in [-0.05, 0) is 60.2 Å². The second-order valence-electron chi connectivity index (χ2n) is 7.36. The number of hydrogen-bond donors (Lipinski definition) is 0. The molecule has 0 saturated carbocycles. The fourth-order valence-electron chi connectivity index (χ4n) is 3.61. The lowest BCUT2D eigenvalue weighted by Gasteiger charge is -2.15. The minimum atomic E-state index is -4.08. The molecule has 0 radical (unpaired) electrons. The molecule has 4 rings (SSSR count). The van der Waals surface area contributed by atoms with Crippen molar-refractivity contribution >= 4 is 20.7 Å². The van der Waals surface area contributed by atoms with Crippen LogP contribution in [0.25, 0.3) is 10.9 Å². The molecule has 8 heteroatoms. The van der Waals surface area contributed by atoms with Gasteiger partial charge in [0.25, 0.3) is 0 Å². The van der Waals surface area contributed by atoms with E-state index in [1.165, 1.54) is 32.5 Å². The molecule has 1 heterocycles. The Morgan fingerprint density at radius 3 is 1.88 bits per heavy atom. The first-order chi connectivity index (χ1) is 15.9. The largest absolute Gasteiger partial charge is 0.497 e. The van der Waals surface area contributed by atoms with Crippen LogP contribution in [0, 0.1) is 0 Å². The lowest BCUT2D eigenvalue weighted by Crippen LogP contribution is -2.19. The molecule has 3 aromatic carbocycles.